The van der Waals surface area contributed by atoms with Gasteiger partial charge in [0.2, 0.25) is 10.0 Å². The lowest BCUT2D eigenvalue weighted by Crippen LogP contribution is -2.48. The zero-order chi connectivity index (χ0) is 23.8. The molecule has 0 aliphatic carbocycles. The Morgan fingerprint density at radius 1 is 0.912 bits per heavy atom. The Morgan fingerprint density at radius 3 is 2.41 bits per heavy atom. The van der Waals surface area contributed by atoms with Gasteiger partial charge in [0.25, 0.3) is 5.91 Å². The number of carbonyl (C=O) groups is 1. The van der Waals surface area contributed by atoms with Crippen molar-refractivity contribution in [3.63, 3.8) is 0 Å². The van der Waals surface area contributed by atoms with E-state index in [1.807, 2.05) is 23.6 Å². The number of piperazine rings is 1. The molecule has 7 nitrogen and oxygen atoms in total. The van der Waals surface area contributed by atoms with Gasteiger partial charge in [0.05, 0.1) is 4.90 Å². The summed E-state index contributed by atoms with van der Waals surface area (Å²) >= 11 is 1.49. The molecule has 9 heteroatoms. The molecule has 4 rings (SSSR count). The van der Waals surface area contributed by atoms with Gasteiger partial charge < -0.3 is 5.32 Å². The molecule has 2 heterocycles. The second-order valence-corrected chi connectivity index (χ2v) is 11.1. The zero-order valence-electron chi connectivity index (χ0n) is 19.0. The van der Waals surface area contributed by atoms with E-state index in [9.17, 15) is 13.2 Å². The van der Waals surface area contributed by atoms with Crippen molar-refractivity contribution in [2.45, 2.75) is 18.0 Å². The fraction of sp³-hybridized carbons (Fsp3) is 0.320. The van der Waals surface area contributed by atoms with E-state index in [2.05, 4.69) is 44.1 Å². The van der Waals surface area contributed by atoms with Crippen molar-refractivity contribution in [2.24, 2.45) is 0 Å². The molecule has 0 unspecified atom stereocenters. The number of amides is 1. The lowest BCUT2D eigenvalue weighted by Gasteiger charge is -2.34. The highest BCUT2D eigenvalue weighted by atomic mass is 32.2. The molecule has 1 aliphatic rings. The normalized spacial score (nSPS) is 15.3. The van der Waals surface area contributed by atoms with E-state index >= 15 is 0 Å². The molecule has 1 aromatic heterocycles. The van der Waals surface area contributed by atoms with Crippen LogP contribution in [0.15, 0.2) is 77.0 Å². The quantitative estimate of drug-likeness (QED) is 0.449. The van der Waals surface area contributed by atoms with Crippen molar-refractivity contribution < 1.29 is 13.2 Å². The van der Waals surface area contributed by atoms with Crippen LogP contribution in [0.1, 0.15) is 20.8 Å². The number of rotatable bonds is 10. The minimum absolute atomic E-state index is 0.0891. The Labute approximate surface area is 205 Å². The maximum atomic E-state index is 12.6. The van der Waals surface area contributed by atoms with Crippen LogP contribution in [0.2, 0.25) is 0 Å². The number of nitrogens with zero attached hydrogens (tertiary/aromatic N) is 2. The second-order valence-electron chi connectivity index (χ2n) is 8.29. The number of thiophene rings is 1. The van der Waals surface area contributed by atoms with Gasteiger partial charge >= 0.3 is 0 Å². The number of carbonyl (C=O) groups excluding carboxylic acids is 1. The molecular weight excluding hydrogens is 468 g/mol. The first kappa shape index (κ1) is 24.6. The van der Waals surface area contributed by atoms with Gasteiger partial charge in [-0.25, -0.2) is 13.1 Å². The summed E-state index contributed by atoms with van der Waals surface area (Å²) in [4.78, 5) is 18.4. The predicted octanol–water partition coefficient (Wildman–Crippen LogP) is 2.77. The Hall–Kier alpha value is -2.56. The standard InChI is InChI=1S/C25H30N4O3S2/c30-25(22-8-4-10-24(18-22)34(31,32)27-19-23-9-5-17-33-23)26-11-12-28-13-15-29(16-14-28)20-21-6-2-1-3-7-21/h1-10,17-18,27H,11-16,19-20H2,(H,26,30). The molecule has 0 bridgehead atoms. The highest BCUT2D eigenvalue weighted by molar-refractivity contribution is 7.89. The molecular formula is C25H30N4O3S2. The van der Waals surface area contributed by atoms with Crippen molar-refractivity contribution in [3.05, 3.63) is 88.1 Å². The van der Waals surface area contributed by atoms with E-state index in [1.54, 1.807) is 12.1 Å². The van der Waals surface area contributed by atoms with E-state index in [1.165, 1.54) is 29.0 Å². The average molecular weight is 499 g/mol. The van der Waals surface area contributed by atoms with E-state index in [0.29, 0.717) is 12.1 Å². The van der Waals surface area contributed by atoms with Crippen LogP contribution in [0, 0.1) is 0 Å². The van der Waals surface area contributed by atoms with Crippen LogP contribution < -0.4 is 10.0 Å². The van der Waals surface area contributed by atoms with Crippen molar-refractivity contribution >= 4 is 27.3 Å². The van der Waals surface area contributed by atoms with Gasteiger partial charge in [-0.05, 0) is 35.2 Å². The fourth-order valence-corrected chi connectivity index (χ4v) is 5.70. The summed E-state index contributed by atoms with van der Waals surface area (Å²) in [6, 6.07) is 20.4. The molecule has 180 valence electrons. The first-order chi connectivity index (χ1) is 16.5. The zero-order valence-corrected chi connectivity index (χ0v) is 20.7. The fourth-order valence-electron chi connectivity index (χ4n) is 3.91. The summed E-state index contributed by atoms with van der Waals surface area (Å²) in [5.74, 6) is -0.266. The molecule has 1 aliphatic heterocycles. The molecule has 34 heavy (non-hydrogen) atoms. The van der Waals surface area contributed by atoms with Crippen molar-refractivity contribution in [3.8, 4) is 0 Å². The van der Waals surface area contributed by atoms with Gasteiger partial charge in [-0.2, -0.15) is 0 Å². The smallest absolute Gasteiger partial charge is 0.251 e. The Bertz CT molecular complexity index is 1160. The van der Waals surface area contributed by atoms with Gasteiger partial charge in [0.1, 0.15) is 0 Å². The van der Waals surface area contributed by atoms with E-state index in [0.717, 1.165) is 44.1 Å². The summed E-state index contributed by atoms with van der Waals surface area (Å²) in [7, 11) is -3.69. The van der Waals surface area contributed by atoms with Crippen molar-refractivity contribution in [2.75, 3.05) is 39.3 Å². The summed E-state index contributed by atoms with van der Waals surface area (Å²) < 4.78 is 27.8. The highest BCUT2D eigenvalue weighted by Gasteiger charge is 2.18. The monoisotopic (exact) mass is 498 g/mol. The first-order valence-corrected chi connectivity index (χ1v) is 13.7. The summed E-state index contributed by atoms with van der Waals surface area (Å²) in [5, 5.41) is 4.82. The van der Waals surface area contributed by atoms with Gasteiger partial charge in [0.15, 0.2) is 0 Å². The largest absolute Gasteiger partial charge is 0.351 e. The number of hydrogen-bond acceptors (Lipinski definition) is 6. The molecule has 0 radical (unpaired) electrons. The molecule has 0 saturated carbocycles. The van der Waals surface area contributed by atoms with Gasteiger partial charge in [-0.15, -0.1) is 11.3 Å². The van der Waals surface area contributed by atoms with E-state index < -0.39 is 10.0 Å². The van der Waals surface area contributed by atoms with Crippen LogP contribution in [0.5, 0.6) is 0 Å². The molecule has 2 aromatic carbocycles. The Balaban J connectivity index is 1.21. The van der Waals surface area contributed by atoms with Gasteiger partial charge in [0, 0.05) is 62.8 Å². The third-order valence-electron chi connectivity index (χ3n) is 5.85. The third-order valence-corrected chi connectivity index (χ3v) is 8.13. The van der Waals surface area contributed by atoms with Crippen LogP contribution in [0.25, 0.3) is 0 Å². The summed E-state index contributed by atoms with van der Waals surface area (Å²) in [5.41, 5.74) is 1.67. The van der Waals surface area contributed by atoms with Crippen molar-refractivity contribution in [1.29, 1.82) is 0 Å². The minimum atomic E-state index is -3.69. The topological polar surface area (TPSA) is 81.8 Å². The maximum Gasteiger partial charge on any atom is 0.251 e. The molecule has 1 fully saturated rings. The Morgan fingerprint density at radius 2 is 1.68 bits per heavy atom. The lowest BCUT2D eigenvalue weighted by atomic mass is 10.2. The first-order valence-electron chi connectivity index (χ1n) is 11.4. The highest BCUT2D eigenvalue weighted by Crippen LogP contribution is 2.14. The third kappa shape index (κ3) is 6.97. The number of nitrogens with one attached hydrogen (secondary N) is 2. The van der Waals surface area contributed by atoms with Crippen LogP contribution >= 0.6 is 11.3 Å². The number of hydrogen-bond donors (Lipinski definition) is 2. The molecule has 1 amide bonds. The molecule has 3 aromatic rings. The molecule has 2 N–H and O–H groups in total. The van der Waals surface area contributed by atoms with Crippen molar-refractivity contribution in [1.82, 2.24) is 19.8 Å². The van der Waals surface area contributed by atoms with Crippen LogP contribution in [-0.2, 0) is 23.1 Å². The number of sulfonamides is 1. The van der Waals surface area contributed by atoms with Gasteiger partial charge in [-0.1, -0.05) is 42.5 Å². The average Bonchev–Trinajstić information content (AvgIpc) is 3.39. The number of benzene rings is 2. The van der Waals surface area contributed by atoms with E-state index in [-0.39, 0.29) is 17.3 Å². The van der Waals surface area contributed by atoms with Crippen LogP contribution in [0.3, 0.4) is 0 Å². The molecule has 1 saturated heterocycles. The maximum absolute atomic E-state index is 12.6. The second kappa shape index (κ2) is 11.7. The Kier molecular flexibility index (Phi) is 8.47. The van der Waals surface area contributed by atoms with Gasteiger partial charge in [-0.3, -0.25) is 14.6 Å². The van der Waals surface area contributed by atoms with E-state index in [4.69, 9.17) is 0 Å². The SMILES string of the molecule is O=C(NCCN1CCN(Cc2ccccc2)CC1)c1cccc(S(=O)(=O)NCc2cccs2)c1. The summed E-state index contributed by atoms with van der Waals surface area (Å²) in [6.45, 7) is 6.42. The summed E-state index contributed by atoms with van der Waals surface area (Å²) in [6.07, 6.45) is 0. The lowest BCUT2D eigenvalue weighted by molar-refractivity contribution is 0.0934. The molecule has 0 spiro atoms. The van der Waals surface area contributed by atoms with Crippen LogP contribution in [0.4, 0.5) is 0 Å². The molecule has 0 atom stereocenters. The minimum Gasteiger partial charge on any atom is -0.351 e. The predicted molar refractivity (Wildman–Crippen MR) is 135 cm³/mol. The van der Waals surface area contributed by atoms with Crippen LogP contribution in [-0.4, -0.2) is 63.4 Å².